The molecule has 13 heavy (non-hydrogen) atoms. The third kappa shape index (κ3) is 4.66. The van der Waals surface area contributed by atoms with E-state index in [1.807, 2.05) is 0 Å². The molecule has 2 unspecified atom stereocenters. The summed E-state index contributed by atoms with van der Waals surface area (Å²) >= 11 is 0. The molecule has 0 rings (SSSR count). The Balaban J connectivity index is 4.18. The van der Waals surface area contributed by atoms with Crippen molar-refractivity contribution in [2.24, 2.45) is 11.3 Å². The standard InChI is InChI=1S/C12H27N/c1-7-9-11(13-8-2)10(3)12(4,5)6/h10-11,13H,7-9H2,1-6H3. The highest BCUT2D eigenvalue weighted by atomic mass is 14.9. The third-order valence-corrected chi connectivity index (χ3v) is 3.04. The van der Waals surface area contributed by atoms with Crippen molar-refractivity contribution in [2.75, 3.05) is 6.54 Å². The van der Waals surface area contributed by atoms with E-state index in [2.05, 4.69) is 46.9 Å². The first-order valence-corrected chi connectivity index (χ1v) is 5.66. The van der Waals surface area contributed by atoms with Gasteiger partial charge in [0.25, 0.3) is 0 Å². The van der Waals surface area contributed by atoms with Crippen LogP contribution in [0.3, 0.4) is 0 Å². The lowest BCUT2D eigenvalue weighted by molar-refractivity contribution is 0.190. The van der Waals surface area contributed by atoms with Gasteiger partial charge in [0.1, 0.15) is 0 Å². The van der Waals surface area contributed by atoms with Gasteiger partial charge in [0.05, 0.1) is 0 Å². The molecule has 0 bridgehead atoms. The molecule has 0 aromatic heterocycles. The van der Waals surface area contributed by atoms with E-state index >= 15 is 0 Å². The molecule has 1 nitrogen and oxygen atoms in total. The van der Waals surface area contributed by atoms with Crippen LogP contribution in [-0.4, -0.2) is 12.6 Å². The molecule has 0 aliphatic carbocycles. The van der Waals surface area contributed by atoms with E-state index < -0.39 is 0 Å². The van der Waals surface area contributed by atoms with Crippen molar-refractivity contribution < 1.29 is 0 Å². The molecular formula is C12H27N. The van der Waals surface area contributed by atoms with Gasteiger partial charge in [0.15, 0.2) is 0 Å². The summed E-state index contributed by atoms with van der Waals surface area (Å²) < 4.78 is 0. The van der Waals surface area contributed by atoms with Crippen molar-refractivity contribution in [2.45, 2.75) is 60.4 Å². The number of hydrogen-bond donors (Lipinski definition) is 1. The molecule has 0 aromatic carbocycles. The van der Waals surface area contributed by atoms with Crippen LogP contribution in [0.1, 0.15) is 54.4 Å². The Bertz CT molecular complexity index is 118. The molecule has 0 saturated heterocycles. The summed E-state index contributed by atoms with van der Waals surface area (Å²) in [6.45, 7) is 14.9. The highest BCUT2D eigenvalue weighted by Crippen LogP contribution is 2.29. The molecule has 1 N–H and O–H groups in total. The zero-order valence-corrected chi connectivity index (χ0v) is 10.3. The van der Waals surface area contributed by atoms with E-state index in [0.29, 0.717) is 11.5 Å². The quantitative estimate of drug-likeness (QED) is 0.692. The Morgan fingerprint density at radius 2 is 1.69 bits per heavy atom. The Labute approximate surface area is 84.3 Å². The molecular weight excluding hydrogens is 158 g/mol. The lowest BCUT2D eigenvalue weighted by atomic mass is 9.76. The molecule has 0 heterocycles. The van der Waals surface area contributed by atoms with Crippen molar-refractivity contribution in [3.05, 3.63) is 0 Å². The van der Waals surface area contributed by atoms with Crippen LogP contribution >= 0.6 is 0 Å². The zero-order chi connectivity index (χ0) is 10.5. The molecule has 0 amide bonds. The molecule has 0 spiro atoms. The summed E-state index contributed by atoms with van der Waals surface area (Å²) in [5, 5.41) is 3.59. The molecule has 0 saturated carbocycles. The third-order valence-electron chi connectivity index (χ3n) is 3.04. The molecule has 0 radical (unpaired) electrons. The van der Waals surface area contributed by atoms with Gasteiger partial charge in [-0.2, -0.15) is 0 Å². The maximum Gasteiger partial charge on any atom is 0.00974 e. The molecule has 2 atom stereocenters. The topological polar surface area (TPSA) is 12.0 Å². The fraction of sp³-hybridized carbons (Fsp3) is 1.00. The largest absolute Gasteiger partial charge is 0.314 e. The van der Waals surface area contributed by atoms with Gasteiger partial charge < -0.3 is 5.32 Å². The average Bonchev–Trinajstić information content (AvgIpc) is 2.01. The second kappa shape index (κ2) is 5.64. The van der Waals surface area contributed by atoms with Crippen LogP contribution in [0, 0.1) is 11.3 Å². The summed E-state index contributed by atoms with van der Waals surface area (Å²) in [6, 6.07) is 0.690. The Kier molecular flexibility index (Phi) is 5.62. The van der Waals surface area contributed by atoms with Gasteiger partial charge in [0.2, 0.25) is 0 Å². The summed E-state index contributed by atoms with van der Waals surface area (Å²) in [5.74, 6) is 0.743. The van der Waals surface area contributed by atoms with Crippen molar-refractivity contribution in [1.82, 2.24) is 5.32 Å². The highest BCUT2D eigenvalue weighted by Gasteiger charge is 2.26. The summed E-state index contributed by atoms with van der Waals surface area (Å²) in [7, 11) is 0. The molecule has 1 heteroatoms. The van der Waals surface area contributed by atoms with Gasteiger partial charge in [0, 0.05) is 6.04 Å². The summed E-state index contributed by atoms with van der Waals surface area (Å²) in [6.07, 6.45) is 2.57. The lowest BCUT2D eigenvalue weighted by Crippen LogP contribution is -2.40. The normalized spacial score (nSPS) is 17.1. The first-order valence-electron chi connectivity index (χ1n) is 5.66. The van der Waals surface area contributed by atoms with Gasteiger partial charge in [-0.05, 0) is 24.3 Å². The van der Waals surface area contributed by atoms with Crippen molar-refractivity contribution in [1.29, 1.82) is 0 Å². The maximum absolute atomic E-state index is 3.59. The SMILES string of the molecule is CCCC(NCC)C(C)C(C)(C)C. The van der Waals surface area contributed by atoms with E-state index in [4.69, 9.17) is 0 Å². The first-order chi connectivity index (χ1) is 5.93. The van der Waals surface area contributed by atoms with Gasteiger partial charge in [-0.15, -0.1) is 0 Å². The minimum Gasteiger partial charge on any atom is -0.314 e. The Morgan fingerprint density at radius 3 is 2.00 bits per heavy atom. The monoisotopic (exact) mass is 185 g/mol. The Morgan fingerprint density at radius 1 is 1.15 bits per heavy atom. The fourth-order valence-corrected chi connectivity index (χ4v) is 1.71. The minimum atomic E-state index is 0.419. The van der Waals surface area contributed by atoms with Gasteiger partial charge in [-0.25, -0.2) is 0 Å². The number of rotatable bonds is 5. The second-order valence-electron chi connectivity index (χ2n) is 5.11. The van der Waals surface area contributed by atoms with Crippen LogP contribution in [0.25, 0.3) is 0 Å². The predicted molar refractivity (Wildman–Crippen MR) is 61.0 cm³/mol. The predicted octanol–water partition coefficient (Wildman–Crippen LogP) is 3.45. The van der Waals surface area contributed by atoms with Crippen LogP contribution in [0.5, 0.6) is 0 Å². The van der Waals surface area contributed by atoms with Crippen LogP contribution in [0.4, 0.5) is 0 Å². The summed E-state index contributed by atoms with van der Waals surface area (Å²) in [4.78, 5) is 0. The molecule has 0 fully saturated rings. The molecule has 0 aromatic rings. The van der Waals surface area contributed by atoms with Gasteiger partial charge in [-0.3, -0.25) is 0 Å². The van der Waals surface area contributed by atoms with Gasteiger partial charge in [-0.1, -0.05) is 48.0 Å². The van der Waals surface area contributed by atoms with Crippen molar-refractivity contribution in [3.63, 3.8) is 0 Å². The van der Waals surface area contributed by atoms with Crippen LogP contribution in [-0.2, 0) is 0 Å². The smallest absolute Gasteiger partial charge is 0.00974 e. The Hall–Kier alpha value is -0.0400. The van der Waals surface area contributed by atoms with E-state index in [0.717, 1.165) is 12.5 Å². The van der Waals surface area contributed by atoms with E-state index in [9.17, 15) is 0 Å². The molecule has 0 aliphatic rings. The minimum absolute atomic E-state index is 0.419. The highest BCUT2D eigenvalue weighted by molar-refractivity contribution is 4.81. The zero-order valence-electron chi connectivity index (χ0n) is 10.3. The van der Waals surface area contributed by atoms with Crippen molar-refractivity contribution >= 4 is 0 Å². The van der Waals surface area contributed by atoms with Gasteiger partial charge >= 0.3 is 0 Å². The average molecular weight is 185 g/mol. The number of nitrogens with one attached hydrogen (secondary N) is 1. The first kappa shape index (κ1) is 13.0. The van der Waals surface area contributed by atoms with E-state index in [1.54, 1.807) is 0 Å². The maximum atomic E-state index is 3.59. The number of hydrogen-bond acceptors (Lipinski definition) is 1. The molecule has 80 valence electrons. The second-order valence-corrected chi connectivity index (χ2v) is 5.11. The fourth-order valence-electron chi connectivity index (χ4n) is 1.71. The lowest BCUT2D eigenvalue weighted by Gasteiger charge is -2.35. The van der Waals surface area contributed by atoms with E-state index in [-0.39, 0.29) is 0 Å². The van der Waals surface area contributed by atoms with E-state index in [1.165, 1.54) is 12.8 Å². The van der Waals surface area contributed by atoms with Crippen LogP contribution < -0.4 is 5.32 Å². The van der Waals surface area contributed by atoms with Crippen LogP contribution in [0.2, 0.25) is 0 Å². The van der Waals surface area contributed by atoms with Crippen LogP contribution in [0.15, 0.2) is 0 Å². The van der Waals surface area contributed by atoms with Crippen molar-refractivity contribution in [3.8, 4) is 0 Å². The molecule has 0 aliphatic heterocycles. The summed E-state index contributed by atoms with van der Waals surface area (Å²) in [5.41, 5.74) is 0.419.